The first-order chi connectivity index (χ1) is 21.8. The Morgan fingerprint density at radius 3 is 1.39 bits per heavy atom. The van der Waals surface area contributed by atoms with Gasteiger partial charge in [0.25, 0.3) is 0 Å². The number of hydrogen-bond acceptors (Lipinski definition) is 3. The zero-order valence-corrected chi connectivity index (χ0v) is 24.8. The van der Waals surface area contributed by atoms with Crippen LogP contribution in [-0.4, -0.2) is 4.98 Å². The molecule has 8 aromatic rings. The number of anilines is 3. The fraction of sp³-hybridized carbons (Fsp3) is 0. The molecule has 2 aromatic heterocycles. The number of pyridine rings is 1. The van der Waals surface area contributed by atoms with Crippen LogP contribution in [0.4, 0.5) is 17.1 Å². The summed E-state index contributed by atoms with van der Waals surface area (Å²) in [5.41, 5.74) is 10.5. The highest BCUT2D eigenvalue weighted by Gasteiger charge is 2.15. The summed E-state index contributed by atoms with van der Waals surface area (Å²) >= 11 is 1.80. The number of rotatable bonds is 6. The first-order valence-corrected chi connectivity index (χ1v) is 15.6. The average molecular weight is 581 g/mol. The SMILES string of the molecule is c1ccc(-c2ccc(N(c3ccc(-c4ccccc4)cc3)c3ccc(-c4cncc5sc6ccccc6c45)cc3)cc2)cc1. The number of fused-ring (bicyclic) bond motifs is 3. The van der Waals surface area contributed by atoms with Crippen LogP contribution >= 0.6 is 11.3 Å². The fourth-order valence-electron chi connectivity index (χ4n) is 6.00. The zero-order valence-electron chi connectivity index (χ0n) is 24.0. The van der Waals surface area contributed by atoms with Gasteiger partial charge in [-0.05, 0) is 70.3 Å². The molecule has 0 amide bonds. The standard InChI is InChI=1S/C41H28N2S/c1-3-9-29(10-4-1)31-15-21-34(22-16-31)43(35-23-17-32(18-24-35)30-11-5-2-6-12-30)36-25-19-33(20-26-36)38-27-42-28-40-41(38)37-13-7-8-14-39(37)44-40/h1-28H. The topological polar surface area (TPSA) is 16.1 Å². The summed E-state index contributed by atoms with van der Waals surface area (Å²) in [6.07, 6.45) is 3.98. The molecule has 0 bridgehead atoms. The van der Waals surface area contributed by atoms with Crippen molar-refractivity contribution in [2.45, 2.75) is 0 Å². The van der Waals surface area contributed by atoms with E-state index >= 15 is 0 Å². The Bertz CT molecular complexity index is 2100. The first-order valence-electron chi connectivity index (χ1n) is 14.8. The van der Waals surface area contributed by atoms with Gasteiger partial charge in [-0.3, -0.25) is 4.98 Å². The molecule has 0 saturated carbocycles. The molecule has 0 saturated heterocycles. The van der Waals surface area contributed by atoms with Crippen LogP contribution in [0.25, 0.3) is 53.6 Å². The molecule has 6 aromatic carbocycles. The van der Waals surface area contributed by atoms with Crippen LogP contribution in [0.2, 0.25) is 0 Å². The molecule has 8 rings (SSSR count). The molecular formula is C41H28N2S. The Balaban J connectivity index is 1.20. The van der Waals surface area contributed by atoms with Gasteiger partial charge < -0.3 is 4.90 Å². The van der Waals surface area contributed by atoms with Crippen LogP contribution in [0.15, 0.2) is 170 Å². The zero-order chi connectivity index (χ0) is 29.3. The van der Waals surface area contributed by atoms with Gasteiger partial charge in [0.05, 0.1) is 4.70 Å². The smallest absolute Gasteiger partial charge is 0.0545 e. The third-order valence-corrected chi connectivity index (χ3v) is 9.29. The molecular weight excluding hydrogens is 553 g/mol. The quantitative estimate of drug-likeness (QED) is 0.194. The van der Waals surface area contributed by atoms with Gasteiger partial charge in [0.15, 0.2) is 0 Å². The molecule has 0 aliphatic heterocycles. The number of thiophene rings is 1. The lowest BCUT2D eigenvalue weighted by Crippen LogP contribution is -2.09. The minimum absolute atomic E-state index is 1.10. The maximum atomic E-state index is 4.60. The largest absolute Gasteiger partial charge is 0.311 e. The van der Waals surface area contributed by atoms with E-state index in [1.807, 2.05) is 12.4 Å². The molecule has 0 aliphatic rings. The lowest BCUT2D eigenvalue weighted by molar-refractivity contribution is 1.28. The molecule has 0 spiro atoms. The van der Waals surface area contributed by atoms with E-state index in [9.17, 15) is 0 Å². The van der Waals surface area contributed by atoms with Crippen molar-refractivity contribution in [3.8, 4) is 33.4 Å². The molecule has 0 N–H and O–H groups in total. The Hall–Kier alpha value is -5.51. The van der Waals surface area contributed by atoms with Gasteiger partial charge in [-0.25, -0.2) is 0 Å². The number of nitrogens with zero attached hydrogens (tertiary/aromatic N) is 2. The number of benzene rings is 6. The number of hydrogen-bond donors (Lipinski definition) is 0. The van der Waals surface area contributed by atoms with E-state index in [1.165, 1.54) is 42.4 Å². The van der Waals surface area contributed by atoms with Crippen LogP contribution in [0.1, 0.15) is 0 Å². The molecule has 2 nitrogen and oxygen atoms in total. The van der Waals surface area contributed by atoms with Crippen LogP contribution in [-0.2, 0) is 0 Å². The Kier molecular flexibility index (Phi) is 6.71. The second-order valence-corrected chi connectivity index (χ2v) is 12.0. The van der Waals surface area contributed by atoms with Gasteiger partial charge in [0.1, 0.15) is 0 Å². The van der Waals surface area contributed by atoms with E-state index in [0.29, 0.717) is 0 Å². The van der Waals surface area contributed by atoms with Gasteiger partial charge in [-0.1, -0.05) is 115 Å². The average Bonchev–Trinajstić information content (AvgIpc) is 3.49. The summed E-state index contributed by atoms with van der Waals surface area (Å²) in [5, 5.41) is 2.56. The van der Waals surface area contributed by atoms with Gasteiger partial charge in [0, 0.05) is 50.5 Å². The van der Waals surface area contributed by atoms with Crippen molar-refractivity contribution in [3.63, 3.8) is 0 Å². The third-order valence-electron chi connectivity index (χ3n) is 8.19. The van der Waals surface area contributed by atoms with Crippen molar-refractivity contribution in [1.82, 2.24) is 4.98 Å². The van der Waals surface area contributed by atoms with Crippen molar-refractivity contribution >= 4 is 48.6 Å². The molecule has 0 fully saturated rings. The highest BCUT2D eigenvalue weighted by molar-refractivity contribution is 7.25. The van der Waals surface area contributed by atoms with E-state index < -0.39 is 0 Å². The lowest BCUT2D eigenvalue weighted by atomic mass is 10.0. The molecule has 44 heavy (non-hydrogen) atoms. The molecule has 0 aliphatic carbocycles. The Morgan fingerprint density at radius 1 is 0.386 bits per heavy atom. The van der Waals surface area contributed by atoms with Crippen LogP contribution in [0.3, 0.4) is 0 Å². The Labute approximate surface area is 261 Å². The monoisotopic (exact) mass is 580 g/mol. The highest BCUT2D eigenvalue weighted by Crippen LogP contribution is 2.41. The predicted molar refractivity (Wildman–Crippen MR) is 188 cm³/mol. The second-order valence-electron chi connectivity index (χ2n) is 10.9. The normalized spacial score (nSPS) is 11.2. The highest BCUT2D eigenvalue weighted by atomic mass is 32.1. The maximum absolute atomic E-state index is 4.60. The molecule has 3 heteroatoms. The molecule has 0 radical (unpaired) electrons. The van der Waals surface area contributed by atoms with Crippen LogP contribution in [0.5, 0.6) is 0 Å². The predicted octanol–water partition coefficient (Wildman–Crippen LogP) is 11.9. The summed E-state index contributed by atoms with van der Waals surface area (Å²) in [7, 11) is 0. The van der Waals surface area contributed by atoms with Gasteiger partial charge >= 0.3 is 0 Å². The number of aromatic nitrogens is 1. The summed E-state index contributed by atoms with van der Waals surface area (Å²) in [6, 6.07) is 56.2. The second kappa shape index (κ2) is 11.3. The van der Waals surface area contributed by atoms with Gasteiger partial charge in [0.2, 0.25) is 0 Å². The van der Waals surface area contributed by atoms with Crippen molar-refractivity contribution in [1.29, 1.82) is 0 Å². The van der Waals surface area contributed by atoms with Crippen molar-refractivity contribution in [2.24, 2.45) is 0 Å². The minimum Gasteiger partial charge on any atom is -0.311 e. The van der Waals surface area contributed by atoms with Crippen LogP contribution < -0.4 is 4.90 Å². The van der Waals surface area contributed by atoms with Crippen molar-refractivity contribution in [3.05, 3.63) is 170 Å². The van der Waals surface area contributed by atoms with E-state index in [2.05, 4.69) is 168 Å². The lowest BCUT2D eigenvalue weighted by Gasteiger charge is -2.26. The fourth-order valence-corrected chi connectivity index (χ4v) is 7.10. The van der Waals surface area contributed by atoms with Gasteiger partial charge in [-0.2, -0.15) is 0 Å². The van der Waals surface area contributed by atoms with E-state index in [4.69, 9.17) is 0 Å². The summed E-state index contributed by atoms with van der Waals surface area (Å²) in [5.74, 6) is 0. The Morgan fingerprint density at radius 2 is 0.841 bits per heavy atom. The summed E-state index contributed by atoms with van der Waals surface area (Å²) in [6.45, 7) is 0. The van der Waals surface area contributed by atoms with Crippen molar-refractivity contribution in [2.75, 3.05) is 4.90 Å². The van der Waals surface area contributed by atoms with Crippen LogP contribution in [0, 0.1) is 0 Å². The van der Waals surface area contributed by atoms with E-state index in [0.717, 1.165) is 28.2 Å². The van der Waals surface area contributed by atoms with E-state index in [1.54, 1.807) is 11.3 Å². The first kappa shape index (κ1) is 26.1. The molecule has 0 unspecified atom stereocenters. The van der Waals surface area contributed by atoms with Gasteiger partial charge in [-0.15, -0.1) is 11.3 Å². The summed E-state index contributed by atoms with van der Waals surface area (Å²) in [4.78, 5) is 6.93. The molecule has 0 atom stereocenters. The maximum Gasteiger partial charge on any atom is 0.0545 e. The third kappa shape index (κ3) is 4.84. The van der Waals surface area contributed by atoms with Crippen molar-refractivity contribution < 1.29 is 0 Å². The minimum atomic E-state index is 1.10. The van der Waals surface area contributed by atoms with E-state index in [-0.39, 0.29) is 0 Å². The summed E-state index contributed by atoms with van der Waals surface area (Å²) < 4.78 is 2.50. The molecule has 208 valence electrons. The molecule has 2 heterocycles.